The fourth-order valence-corrected chi connectivity index (χ4v) is 2.07. The molecular weight excluding hydrogens is 256 g/mol. The highest BCUT2D eigenvalue weighted by Crippen LogP contribution is 2.22. The normalized spacial score (nSPS) is 11.6. The van der Waals surface area contributed by atoms with Crippen molar-refractivity contribution in [3.05, 3.63) is 64.7 Å². The summed E-state index contributed by atoms with van der Waals surface area (Å²) < 4.78 is 0. The number of nitrogens with one attached hydrogen (secondary N) is 1. The summed E-state index contributed by atoms with van der Waals surface area (Å²) in [5.41, 5.74) is 3.07. The van der Waals surface area contributed by atoms with Crippen LogP contribution >= 0.6 is 11.6 Å². The van der Waals surface area contributed by atoms with E-state index >= 15 is 0 Å². The topological polar surface area (TPSA) is 35.8 Å². The molecule has 0 bridgehead atoms. The van der Waals surface area contributed by atoms with E-state index in [-0.39, 0.29) is 6.04 Å². The first-order valence-corrected chi connectivity index (χ1v) is 6.61. The molecule has 2 rings (SSSR count). The molecule has 2 aromatic carbocycles. The minimum absolute atomic E-state index is 0.371. The van der Waals surface area contributed by atoms with Crippen LogP contribution in [-0.2, 0) is 6.42 Å². The van der Waals surface area contributed by atoms with Crippen molar-refractivity contribution >= 4 is 17.3 Å². The highest BCUT2D eigenvalue weighted by atomic mass is 35.5. The van der Waals surface area contributed by atoms with Crippen LogP contribution in [0.5, 0.6) is 0 Å². The van der Waals surface area contributed by atoms with Crippen LogP contribution in [0.3, 0.4) is 0 Å². The van der Waals surface area contributed by atoms with E-state index in [9.17, 15) is 5.26 Å². The summed E-state index contributed by atoms with van der Waals surface area (Å²) in [4.78, 5) is 0. The molecule has 96 valence electrons. The van der Waals surface area contributed by atoms with Gasteiger partial charge in [-0.15, -0.1) is 0 Å². The van der Waals surface area contributed by atoms with Gasteiger partial charge in [0.05, 0.1) is 6.07 Å². The first-order valence-electron chi connectivity index (χ1n) is 6.23. The van der Waals surface area contributed by atoms with Gasteiger partial charge >= 0.3 is 0 Å². The molecule has 2 aromatic rings. The van der Waals surface area contributed by atoms with E-state index in [0.29, 0.717) is 5.02 Å². The zero-order chi connectivity index (χ0) is 13.7. The Bertz CT molecular complexity index is 584. The SMILES string of the molecule is CCc1ccc(C(C#N)Nc2cccc(Cl)c2)cc1. The molecule has 19 heavy (non-hydrogen) atoms. The smallest absolute Gasteiger partial charge is 0.140 e. The van der Waals surface area contributed by atoms with Crippen LogP contribution in [0.4, 0.5) is 5.69 Å². The second-order valence-electron chi connectivity index (χ2n) is 4.31. The van der Waals surface area contributed by atoms with Crippen molar-refractivity contribution in [2.75, 3.05) is 5.32 Å². The van der Waals surface area contributed by atoms with Gasteiger partial charge in [0.25, 0.3) is 0 Å². The van der Waals surface area contributed by atoms with Crippen molar-refractivity contribution in [2.24, 2.45) is 0 Å². The molecule has 0 amide bonds. The van der Waals surface area contributed by atoms with Gasteiger partial charge in [-0.2, -0.15) is 5.26 Å². The lowest BCUT2D eigenvalue weighted by molar-refractivity contribution is 0.992. The van der Waals surface area contributed by atoms with Gasteiger partial charge < -0.3 is 5.32 Å². The van der Waals surface area contributed by atoms with E-state index < -0.39 is 0 Å². The van der Waals surface area contributed by atoms with Crippen LogP contribution in [0.25, 0.3) is 0 Å². The van der Waals surface area contributed by atoms with E-state index in [2.05, 4.69) is 30.4 Å². The Balaban J connectivity index is 2.18. The lowest BCUT2D eigenvalue weighted by atomic mass is 10.0. The fourth-order valence-electron chi connectivity index (χ4n) is 1.88. The van der Waals surface area contributed by atoms with E-state index in [1.54, 1.807) is 0 Å². The van der Waals surface area contributed by atoms with Crippen LogP contribution < -0.4 is 5.32 Å². The molecule has 0 saturated carbocycles. The molecule has 0 aliphatic carbocycles. The van der Waals surface area contributed by atoms with Crippen molar-refractivity contribution in [2.45, 2.75) is 19.4 Å². The Morgan fingerprint density at radius 3 is 2.53 bits per heavy atom. The Labute approximate surface area is 118 Å². The summed E-state index contributed by atoms with van der Waals surface area (Å²) in [6, 6.07) is 17.4. The number of nitriles is 1. The lowest BCUT2D eigenvalue weighted by Crippen LogP contribution is -2.08. The minimum Gasteiger partial charge on any atom is -0.366 e. The van der Waals surface area contributed by atoms with Crippen LogP contribution in [0.1, 0.15) is 24.1 Å². The van der Waals surface area contributed by atoms with Crippen LogP contribution in [0.2, 0.25) is 5.02 Å². The summed E-state index contributed by atoms with van der Waals surface area (Å²) in [5.74, 6) is 0. The molecule has 1 unspecified atom stereocenters. The van der Waals surface area contributed by atoms with Crippen LogP contribution in [0.15, 0.2) is 48.5 Å². The molecule has 1 N–H and O–H groups in total. The van der Waals surface area contributed by atoms with Gasteiger partial charge in [-0.25, -0.2) is 0 Å². The molecule has 1 atom stereocenters. The maximum Gasteiger partial charge on any atom is 0.140 e. The maximum absolute atomic E-state index is 9.29. The van der Waals surface area contributed by atoms with Crippen LogP contribution in [-0.4, -0.2) is 0 Å². The Kier molecular flexibility index (Phi) is 4.43. The summed E-state index contributed by atoms with van der Waals surface area (Å²) >= 11 is 5.93. The zero-order valence-corrected chi connectivity index (χ0v) is 11.5. The third kappa shape index (κ3) is 3.49. The van der Waals surface area contributed by atoms with Gasteiger partial charge in [0, 0.05) is 10.7 Å². The molecule has 0 aromatic heterocycles. The Morgan fingerprint density at radius 2 is 1.95 bits per heavy atom. The number of rotatable bonds is 4. The molecule has 0 saturated heterocycles. The van der Waals surface area contributed by atoms with Gasteiger partial charge in [-0.3, -0.25) is 0 Å². The third-order valence-electron chi connectivity index (χ3n) is 2.99. The fraction of sp³-hybridized carbons (Fsp3) is 0.188. The van der Waals surface area contributed by atoms with Crippen molar-refractivity contribution < 1.29 is 0 Å². The van der Waals surface area contributed by atoms with Gasteiger partial charge in [0.1, 0.15) is 6.04 Å². The first-order chi connectivity index (χ1) is 9.22. The molecule has 2 nitrogen and oxygen atoms in total. The predicted molar refractivity (Wildman–Crippen MR) is 79.2 cm³/mol. The van der Waals surface area contributed by atoms with Gasteiger partial charge in [-0.05, 0) is 35.7 Å². The number of halogens is 1. The second-order valence-corrected chi connectivity index (χ2v) is 4.75. The van der Waals surface area contributed by atoms with Crippen LogP contribution in [0, 0.1) is 11.3 Å². The molecule has 0 aliphatic heterocycles. The van der Waals surface area contributed by atoms with Crippen molar-refractivity contribution in [3.63, 3.8) is 0 Å². The standard InChI is InChI=1S/C16H15ClN2/c1-2-12-6-8-13(9-7-12)16(11-18)19-15-5-3-4-14(17)10-15/h3-10,16,19H,2H2,1H3. The van der Waals surface area contributed by atoms with E-state index in [4.69, 9.17) is 11.6 Å². The Morgan fingerprint density at radius 1 is 1.21 bits per heavy atom. The average Bonchev–Trinajstić information content (AvgIpc) is 2.45. The maximum atomic E-state index is 9.29. The van der Waals surface area contributed by atoms with E-state index in [1.165, 1.54) is 5.56 Å². The molecule has 0 fully saturated rings. The zero-order valence-electron chi connectivity index (χ0n) is 10.7. The monoisotopic (exact) mass is 270 g/mol. The number of hydrogen-bond acceptors (Lipinski definition) is 2. The van der Waals surface area contributed by atoms with Gasteiger partial charge in [0.2, 0.25) is 0 Å². The molecule has 0 radical (unpaired) electrons. The lowest BCUT2D eigenvalue weighted by Gasteiger charge is -2.14. The number of nitrogens with zero attached hydrogens (tertiary/aromatic N) is 1. The number of aryl methyl sites for hydroxylation is 1. The summed E-state index contributed by atoms with van der Waals surface area (Å²) in [6.45, 7) is 2.11. The first kappa shape index (κ1) is 13.5. The van der Waals surface area contributed by atoms with Crippen molar-refractivity contribution in [1.82, 2.24) is 0 Å². The summed E-state index contributed by atoms with van der Waals surface area (Å²) in [6.07, 6.45) is 0.999. The predicted octanol–water partition coefficient (Wildman–Crippen LogP) is 4.58. The third-order valence-corrected chi connectivity index (χ3v) is 3.22. The quantitative estimate of drug-likeness (QED) is 0.883. The number of anilines is 1. The molecule has 0 heterocycles. The average molecular weight is 271 g/mol. The van der Waals surface area contributed by atoms with Crippen molar-refractivity contribution in [3.8, 4) is 6.07 Å². The highest BCUT2D eigenvalue weighted by molar-refractivity contribution is 6.30. The van der Waals surface area contributed by atoms with Gasteiger partial charge in [-0.1, -0.05) is 48.9 Å². The molecule has 0 aliphatic rings. The largest absolute Gasteiger partial charge is 0.366 e. The number of benzene rings is 2. The molecule has 0 spiro atoms. The van der Waals surface area contributed by atoms with E-state index in [0.717, 1.165) is 17.7 Å². The minimum atomic E-state index is -0.371. The molecular formula is C16H15ClN2. The highest BCUT2D eigenvalue weighted by Gasteiger charge is 2.10. The van der Waals surface area contributed by atoms with Crippen molar-refractivity contribution in [1.29, 1.82) is 5.26 Å². The number of hydrogen-bond donors (Lipinski definition) is 1. The van der Waals surface area contributed by atoms with E-state index in [1.807, 2.05) is 36.4 Å². The summed E-state index contributed by atoms with van der Waals surface area (Å²) in [7, 11) is 0. The summed E-state index contributed by atoms with van der Waals surface area (Å²) in [5, 5.41) is 13.1. The Hall–Kier alpha value is -1.98. The molecule has 3 heteroatoms. The van der Waals surface area contributed by atoms with Gasteiger partial charge in [0.15, 0.2) is 0 Å². The second kappa shape index (κ2) is 6.26.